The second kappa shape index (κ2) is 9.74. The van der Waals surface area contributed by atoms with Crippen molar-refractivity contribution in [1.29, 1.82) is 0 Å². The van der Waals surface area contributed by atoms with E-state index in [0.717, 1.165) is 29.5 Å². The maximum Gasteiger partial charge on any atom is 0.169 e. The van der Waals surface area contributed by atoms with Gasteiger partial charge in [0.25, 0.3) is 0 Å². The molecule has 0 saturated carbocycles. The third-order valence-electron chi connectivity index (χ3n) is 4.32. The second-order valence-electron chi connectivity index (χ2n) is 6.33. The molecule has 0 spiro atoms. The predicted octanol–water partition coefficient (Wildman–Crippen LogP) is 4.77. The second-order valence-corrected chi connectivity index (χ2v) is 6.72. The Morgan fingerprint density at radius 3 is 1.78 bits per heavy atom. The monoisotopic (exact) mass is 376 g/mol. The van der Waals surface area contributed by atoms with E-state index in [4.69, 9.17) is 17.0 Å². The summed E-state index contributed by atoms with van der Waals surface area (Å²) >= 11 is 5.71. The SMILES string of the molecule is COc1ccc(CNC(=S)N(Cc2ccccc2)Cc2ccccc2)cc1. The molecule has 0 heterocycles. The predicted molar refractivity (Wildman–Crippen MR) is 115 cm³/mol. The van der Waals surface area contributed by atoms with Crippen molar-refractivity contribution in [3.8, 4) is 5.75 Å². The largest absolute Gasteiger partial charge is 0.497 e. The molecule has 0 atom stereocenters. The minimum absolute atomic E-state index is 0.683. The molecule has 0 amide bonds. The number of rotatable bonds is 7. The van der Waals surface area contributed by atoms with Crippen molar-refractivity contribution in [3.63, 3.8) is 0 Å². The Morgan fingerprint density at radius 1 is 0.778 bits per heavy atom. The zero-order valence-electron chi connectivity index (χ0n) is 15.5. The first kappa shape index (κ1) is 18.9. The molecule has 0 aliphatic carbocycles. The molecule has 0 aliphatic rings. The molecule has 3 aromatic rings. The Morgan fingerprint density at radius 2 is 1.30 bits per heavy atom. The van der Waals surface area contributed by atoms with Crippen LogP contribution in [0, 0.1) is 0 Å². The quantitative estimate of drug-likeness (QED) is 0.600. The fraction of sp³-hybridized carbons (Fsp3) is 0.174. The third-order valence-corrected chi connectivity index (χ3v) is 4.73. The van der Waals surface area contributed by atoms with E-state index in [-0.39, 0.29) is 0 Å². The van der Waals surface area contributed by atoms with Crippen LogP contribution in [0.15, 0.2) is 84.9 Å². The lowest BCUT2D eigenvalue weighted by Crippen LogP contribution is -2.38. The summed E-state index contributed by atoms with van der Waals surface area (Å²) in [6.07, 6.45) is 0. The molecule has 0 radical (unpaired) electrons. The van der Waals surface area contributed by atoms with Crippen LogP contribution in [0.3, 0.4) is 0 Å². The van der Waals surface area contributed by atoms with Crippen molar-refractivity contribution in [3.05, 3.63) is 102 Å². The van der Waals surface area contributed by atoms with Crippen LogP contribution in [0.25, 0.3) is 0 Å². The molecule has 1 N–H and O–H groups in total. The van der Waals surface area contributed by atoms with Gasteiger partial charge >= 0.3 is 0 Å². The Bertz CT molecular complexity index is 794. The van der Waals surface area contributed by atoms with Gasteiger partial charge in [-0.3, -0.25) is 0 Å². The highest BCUT2D eigenvalue weighted by atomic mass is 32.1. The summed E-state index contributed by atoms with van der Waals surface area (Å²) in [6, 6.07) is 28.8. The van der Waals surface area contributed by atoms with Crippen LogP contribution in [0.1, 0.15) is 16.7 Å². The Hall–Kier alpha value is -2.85. The van der Waals surface area contributed by atoms with Gasteiger partial charge in [-0.2, -0.15) is 0 Å². The van der Waals surface area contributed by atoms with Crippen molar-refractivity contribution in [1.82, 2.24) is 10.2 Å². The number of ether oxygens (including phenoxy) is 1. The van der Waals surface area contributed by atoms with E-state index in [2.05, 4.69) is 58.7 Å². The van der Waals surface area contributed by atoms with Gasteiger partial charge in [-0.15, -0.1) is 0 Å². The van der Waals surface area contributed by atoms with Gasteiger partial charge in [0.15, 0.2) is 5.11 Å². The lowest BCUT2D eigenvalue weighted by molar-refractivity contribution is 0.398. The maximum atomic E-state index is 5.71. The number of benzene rings is 3. The van der Waals surface area contributed by atoms with E-state index in [1.165, 1.54) is 11.1 Å². The summed E-state index contributed by atoms with van der Waals surface area (Å²) in [5, 5.41) is 4.14. The molecule has 0 aliphatic heterocycles. The van der Waals surface area contributed by atoms with Gasteiger partial charge in [-0.05, 0) is 41.0 Å². The van der Waals surface area contributed by atoms with Crippen molar-refractivity contribution in [2.75, 3.05) is 7.11 Å². The summed E-state index contributed by atoms with van der Waals surface area (Å²) in [4.78, 5) is 2.20. The minimum atomic E-state index is 0.683. The number of thiocarbonyl (C=S) groups is 1. The molecule has 3 aromatic carbocycles. The third kappa shape index (κ3) is 5.83. The molecule has 4 heteroatoms. The number of hydrogen-bond acceptors (Lipinski definition) is 2. The maximum absolute atomic E-state index is 5.71. The van der Waals surface area contributed by atoms with E-state index in [0.29, 0.717) is 6.54 Å². The topological polar surface area (TPSA) is 24.5 Å². The molecule has 3 nitrogen and oxygen atoms in total. The molecule has 0 unspecified atom stereocenters. The van der Waals surface area contributed by atoms with Crippen molar-refractivity contribution in [2.24, 2.45) is 0 Å². The van der Waals surface area contributed by atoms with E-state index >= 15 is 0 Å². The number of hydrogen-bond donors (Lipinski definition) is 1. The first-order chi connectivity index (χ1) is 13.2. The summed E-state index contributed by atoms with van der Waals surface area (Å²) in [6.45, 7) is 2.22. The van der Waals surface area contributed by atoms with E-state index in [9.17, 15) is 0 Å². The standard InChI is InChI=1S/C23H24N2OS/c1-26-22-14-12-19(13-15-22)16-24-23(27)25(17-20-8-4-2-5-9-20)18-21-10-6-3-7-11-21/h2-15H,16-18H2,1H3,(H,24,27). The van der Waals surface area contributed by atoms with Crippen molar-refractivity contribution >= 4 is 17.3 Å². The smallest absolute Gasteiger partial charge is 0.169 e. The molecule has 0 saturated heterocycles. The number of nitrogens with zero attached hydrogens (tertiary/aromatic N) is 1. The zero-order valence-corrected chi connectivity index (χ0v) is 16.3. The van der Waals surface area contributed by atoms with Crippen molar-refractivity contribution in [2.45, 2.75) is 19.6 Å². The summed E-state index contributed by atoms with van der Waals surface area (Å²) in [5.41, 5.74) is 3.64. The normalized spacial score (nSPS) is 10.3. The Labute approximate surface area is 166 Å². The van der Waals surface area contributed by atoms with Crippen LogP contribution in [-0.2, 0) is 19.6 Å². The van der Waals surface area contributed by atoms with Crippen LogP contribution in [0.2, 0.25) is 0 Å². The van der Waals surface area contributed by atoms with Crippen LogP contribution in [0.5, 0.6) is 5.75 Å². The fourth-order valence-electron chi connectivity index (χ4n) is 2.84. The van der Waals surface area contributed by atoms with Gasteiger partial charge in [-0.1, -0.05) is 72.8 Å². The van der Waals surface area contributed by atoms with Gasteiger partial charge in [0, 0.05) is 19.6 Å². The molecular formula is C23H24N2OS. The summed E-state index contributed by atoms with van der Waals surface area (Å²) < 4.78 is 5.21. The van der Waals surface area contributed by atoms with Crippen molar-refractivity contribution < 1.29 is 4.74 Å². The summed E-state index contributed by atoms with van der Waals surface area (Å²) in [5.74, 6) is 0.858. The Balaban J connectivity index is 1.67. The van der Waals surface area contributed by atoms with E-state index in [1.807, 2.05) is 36.4 Å². The molecule has 0 aromatic heterocycles. The molecule has 0 bridgehead atoms. The van der Waals surface area contributed by atoms with Gasteiger partial charge in [-0.25, -0.2) is 0 Å². The average molecular weight is 377 g/mol. The fourth-order valence-corrected chi connectivity index (χ4v) is 3.04. The first-order valence-corrected chi connectivity index (χ1v) is 9.39. The van der Waals surface area contributed by atoms with E-state index < -0.39 is 0 Å². The lowest BCUT2D eigenvalue weighted by atomic mass is 10.2. The number of nitrogens with one attached hydrogen (secondary N) is 1. The Kier molecular flexibility index (Phi) is 6.83. The van der Waals surface area contributed by atoms with Gasteiger partial charge < -0.3 is 15.0 Å². The van der Waals surface area contributed by atoms with Crippen LogP contribution in [0.4, 0.5) is 0 Å². The van der Waals surface area contributed by atoms with Crippen LogP contribution < -0.4 is 10.1 Å². The first-order valence-electron chi connectivity index (χ1n) is 8.98. The molecule has 3 rings (SSSR count). The van der Waals surface area contributed by atoms with Gasteiger partial charge in [0.05, 0.1) is 7.11 Å². The lowest BCUT2D eigenvalue weighted by Gasteiger charge is -2.26. The van der Waals surface area contributed by atoms with Crippen LogP contribution >= 0.6 is 12.2 Å². The highest BCUT2D eigenvalue weighted by molar-refractivity contribution is 7.80. The average Bonchev–Trinajstić information content (AvgIpc) is 2.73. The highest BCUT2D eigenvalue weighted by Gasteiger charge is 2.11. The van der Waals surface area contributed by atoms with Gasteiger partial charge in [0.2, 0.25) is 0 Å². The minimum Gasteiger partial charge on any atom is -0.497 e. The molecule has 0 fully saturated rings. The molecule has 138 valence electrons. The van der Waals surface area contributed by atoms with E-state index in [1.54, 1.807) is 7.11 Å². The van der Waals surface area contributed by atoms with Gasteiger partial charge in [0.1, 0.15) is 5.75 Å². The highest BCUT2D eigenvalue weighted by Crippen LogP contribution is 2.13. The van der Waals surface area contributed by atoms with Crippen LogP contribution in [-0.4, -0.2) is 17.1 Å². The zero-order chi connectivity index (χ0) is 18.9. The molecule has 27 heavy (non-hydrogen) atoms. The molecular weight excluding hydrogens is 352 g/mol. The number of methoxy groups -OCH3 is 1. The summed E-state index contributed by atoms with van der Waals surface area (Å²) in [7, 11) is 1.67.